The Kier molecular flexibility index (Phi) is 37.8. The molecule has 105 heavy (non-hydrogen) atoms. The highest BCUT2D eigenvalue weighted by atomic mass is 16.5. The highest BCUT2D eigenvalue weighted by Gasteiger charge is 2.44. The third-order valence-corrected chi connectivity index (χ3v) is 19.3. The zero-order chi connectivity index (χ0) is 79.4. The predicted octanol–water partition coefficient (Wildman–Crippen LogP) is 1.84. The fourth-order valence-electron chi connectivity index (χ4n) is 12.1. The van der Waals surface area contributed by atoms with Gasteiger partial charge in [0, 0.05) is 19.4 Å². The molecule has 3 rings (SSSR count). The maximum atomic E-state index is 15.0. The lowest BCUT2D eigenvalue weighted by Crippen LogP contribution is -2.64. The molecular formula is C75H124N14O16. The van der Waals surface area contributed by atoms with Crippen molar-refractivity contribution in [1.29, 1.82) is 0 Å². The number of carbonyl (C=O) groups is 14. The highest BCUT2D eigenvalue weighted by Crippen LogP contribution is 2.23. The van der Waals surface area contributed by atoms with Crippen LogP contribution >= 0.6 is 0 Å². The molecule has 0 spiro atoms. The average Bonchev–Trinajstić information content (AvgIpc) is 1.79. The maximum absolute atomic E-state index is 15.0. The lowest BCUT2D eigenvalue weighted by Gasteiger charge is -2.33. The van der Waals surface area contributed by atoms with E-state index in [4.69, 9.17) is 10.5 Å². The maximum Gasteiger partial charge on any atom is 0.329 e. The van der Waals surface area contributed by atoms with E-state index in [0.29, 0.717) is 30.7 Å². The van der Waals surface area contributed by atoms with E-state index in [0.717, 1.165) is 6.42 Å². The van der Waals surface area contributed by atoms with Crippen molar-refractivity contribution in [3.05, 3.63) is 47.7 Å². The fraction of sp³-hybridized carbons (Fsp3) is 0.707. The lowest BCUT2D eigenvalue weighted by molar-refractivity contribution is -0.157. The number of nitrogens with one attached hydrogen (secondary N) is 12. The van der Waals surface area contributed by atoms with Crippen LogP contribution in [0.5, 0.6) is 0 Å². The third-order valence-electron chi connectivity index (χ3n) is 19.3. The van der Waals surface area contributed by atoms with Gasteiger partial charge in [0.1, 0.15) is 84.3 Å². The molecule has 2 fully saturated rings. The van der Waals surface area contributed by atoms with E-state index >= 15 is 9.59 Å². The number of hydrogen-bond donors (Lipinski definition) is 14. The van der Waals surface area contributed by atoms with Gasteiger partial charge in [-0.1, -0.05) is 166 Å². The van der Waals surface area contributed by atoms with Crippen LogP contribution in [-0.2, 0) is 78.3 Å². The van der Waals surface area contributed by atoms with Gasteiger partial charge in [0.05, 0.1) is 6.10 Å². The standard InChI is InChI=1S/C75H124N14O16/c1-20-44(16)59(71(100)88-62-47(19)105-75(104)58(43(14)15)84-63(92)49(22-3)77-65(94)51(37-48-30-24-23-25-31-48)79-67(96)55(40(8)9)81-70(99)60(45(17)21-2)86-73(62)102)85-64(93)50(32-27-35-76)78-66(95)52-33-28-36-89(52)74(103)57(42(12)13)83-69(98)56(41(10)11)82-72(101)61(46(18)90)87-68(97)54(39(6)7)80-53(91)34-26-29-38(4)5/h22-25,30-31,38-47,50-52,54-62,90H,20-21,26-29,32-37,76H2,1-19H3,(H,77,94)(H,78,95)(H,79,96)(H,80,91)(H,81,99)(H,82,101)(H,83,98)(H,84,92)(H,85,93)(H,86,102)(H,87,97)(H,88,100)/b49-22-/t44-,45-,46-,47+,50-,51-,52+,54+,55+,56-,57+,58+,59+,60+,61-,62+/m1/s1. The molecule has 30 nitrogen and oxygen atoms in total. The van der Waals surface area contributed by atoms with Crippen molar-refractivity contribution in [1.82, 2.24) is 68.7 Å². The van der Waals surface area contributed by atoms with E-state index < -0.39 is 203 Å². The van der Waals surface area contributed by atoms with Crippen LogP contribution in [0.25, 0.3) is 0 Å². The van der Waals surface area contributed by atoms with Crippen LogP contribution in [0.2, 0.25) is 0 Å². The molecule has 30 heteroatoms. The van der Waals surface area contributed by atoms with Crippen molar-refractivity contribution in [2.75, 3.05) is 13.1 Å². The number of nitrogens with two attached hydrogens (primary N) is 1. The van der Waals surface area contributed by atoms with Gasteiger partial charge >= 0.3 is 5.97 Å². The molecule has 2 aliphatic heterocycles. The van der Waals surface area contributed by atoms with Crippen molar-refractivity contribution in [3.8, 4) is 0 Å². The van der Waals surface area contributed by atoms with Crippen molar-refractivity contribution >= 4 is 82.8 Å². The Morgan fingerprint density at radius 2 is 1.15 bits per heavy atom. The first-order chi connectivity index (χ1) is 49.2. The van der Waals surface area contributed by atoms with Crippen LogP contribution in [0.4, 0.5) is 0 Å². The molecule has 0 aromatic heterocycles. The average molecular weight is 1480 g/mol. The molecule has 2 aliphatic rings. The second-order valence-corrected chi connectivity index (χ2v) is 30.2. The molecule has 2 heterocycles. The quantitative estimate of drug-likeness (QED) is 0.0353. The van der Waals surface area contributed by atoms with Gasteiger partial charge in [0.25, 0.3) is 5.91 Å². The molecule has 2 saturated heterocycles. The van der Waals surface area contributed by atoms with Crippen molar-refractivity contribution in [3.63, 3.8) is 0 Å². The number of hydrogen-bond acceptors (Lipinski definition) is 17. The number of cyclic esters (lactones) is 1. The third kappa shape index (κ3) is 27.7. The van der Waals surface area contributed by atoms with Crippen LogP contribution in [0.3, 0.4) is 0 Å². The van der Waals surface area contributed by atoms with Crippen LogP contribution in [0, 0.1) is 47.3 Å². The van der Waals surface area contributed by atoms with E-state index in [1.165, 1.54) is 31.7 Å². The number of allylic oxidation sites excluding steroid dienone is 1. The Hall–Kier alpha value is -8.54. The molecule has 0 bridgehead atoms. The van der Waals surface area contributed by atoms with Crippen LogP contribution < -0.4 is 69.5 Å². The molecule has 1 aromatic rings. The number of nitrogens with zero attached hydrogens (tertiary/aromatic N) is 1. The number of likely N-dealkylation sites (tertiary alicyclic amines) is 1. The summed E-state index contributed by atoms with van der Waals surface area (Å²) in [5.41, 5.74) is 6.34. The summed E-state index contributed by atoms with van der Waals surface area (Å²) >= 11 is 0. The second-order valence-electron chi connectivity index (χ2n) is 30.2. The van der Waals surface area contributed by atoms with Gasteiger partial charge in [-0.25, -0.2) is 4.79 Å². The predicted molar refractivity (Wildman–Crippen MR) is 395 cm³/mol. The summed E-state index contributed by atoms with van der Waals surface area (Å²) in [7, 11) is 0. The van der Waals surface area contributed by atoms with Gasteiger partial charge in [0.2, 0.25) is 70.9 Å². The Morgan fingerprint density at radius 1 is 0.610 bits per heavy atom. The Bertz CT molecular complexity index is 3160. The zero-order valence-electron chi connectivity index (χ0n) is 65.2. The molecule has 0 aliphatic carbocycles. The topological polar surface area (TPSA) is 442 Å². The highest BCUT2D eigenvalue weighted by molar-refractivity contribution is 6.03. The summed E-state index contributed by atoms with van der Waals surface area (Å²) in [6, 6.07) is -7.67. The number of benzene rings is 1. The normalized spacial score (nSPS) is 22.6. The van der Waals surface area contributed by atoms with Gasteiger partial charge in [-0.05, 0) is 112 Å². The smallest absolute Gasteiger partial charge is 0.329 e. The molecule has 0 radical (unpaired) electrons. The number of amides is 13. The van der Waals surface area contributed by atoms with Gasteiger partial charge in [-0.15, -0.1) is 0 Å². The Morgan fingerprint density at radius 3 is 1.69 bits per heavy atom. The van der Waals surface area contributed by atoms with E-state index in [-0.39, 0.29) is 63.2 Å². The Balaban J connectivity index is 2.00. The largest absolute Gasteiger partial charge is 0.458 e. The number of ether oxygens (including phenoxy) is 1. The number of rotatable bonds is 33. The molecule has 590 valence electrons. The number of esters is 1. The minimum absolute atomic E-state index is 0.0355. The second kappa shape index (κ2) is 43.8. The van der Waals surface area contributed by atoms with Crippen molar-refractivity contribution in [2.24, 2.45) is 53.1 Å². The van der Waals surface area contributed by atoms with Gasteiger partial charge < -0.3 is 84.3 Å². The molecule has 16 atom stereocenters. The van der Waals surface area contributed by atoms with Crippen LogP contribution in [0.1, 0.15) is 195 Å². The first kappa shape index (κ1) is 90.7. The zero-order valence-corrected chi connectivity index (χ0v) is 65.2. The summed E-state index contributed by atoms with van der Waals surface area (Å²) in [5.74, 6) is -15.1. The molecule has 13 amide bonds. The molecular weight excluding hydrogens is 1350 g/mol. The summed E-state index contributed by atoms with van der Waals surface area (Å²) in [4.78, 5) is 202. The molecule has 0 unspecified atom stereocenters. The van der Waals surface area contributed by atoms with Gasteiger partial charge in [-0.3, -0.25) is 62.3 Å². The number of carbonyl (C=O) groups excluding carboxylic acids is 14. The van der Waals surface area contributed by atoms with E-state index in [9.17, 15) is 62.6 Å². The minimum Gasteiger partial charge on any atom is -0.458 e. The number of aliphatic hydroxyl groups excluding tert-OH is 1. The fourth-order valence-corrected chi connectivity index (χ4v) is 12.1. The first-order valence-electron chi connectivity index (χ1n) is 37.5. The van der Waals surface area contributed by atoms with Gasteiger partial charge in [0.15, 0.2) is 0 Å². The molecule has 1 aromatic carbocycles. The summed E-state index contributed by atoms with van der Waals surface area (Å²) in [5, 5.41) is 43.2. The van der Waals surface area contributed by atoms with Crippen LogP contribution in [-0.4, -0.2) is 191 Å². The lowest BCUT2D eigenvalue weighted by atomic mass is 9.95. The van der Waals surface area contributed by atoms with Crippen LogP contribution in [0.15, 0.2) is 42.1 Å². The summed E-state index contributed by atoms with van der Waals surface area (Å²) < 4.78 is 5.96. The van der Waals surface area contributed by atoms with Crippen molar-refractivity contribution in [2.45, 2.75) is 280 Å². The SMILES string of the molecule is C/C=C1\NC(=O)[C@@H](Cc2ccccc2)NC(=O)[C@H](C(C)C)NC(=O)[C@H]([C@H](C)CC)NC(=O)[C@@H](NC(=O)[C@@H](NC(=O)[C@@H](CCCN)NC(=O)[C@@H]2CCCN2C(=O)[C@@H](NC(=O)[C@H](NC(=O)[C@H](NC(=O)[C@@H](NC(=O)CCCC(C)C)C(C)C)[C@@H](C)O)C(C)C)C(C)C)[C@H](C)CC)[C@H](C)OC(=O)[C@H](C(C)C)NC1=O. The van der Waals surface area contributed by atoms with E-state index in [1.807, 2.05) is 13.8 Å². The first-order valence-corrected chi connectivity index (χ1v) is 37.5. The summed E-state index contributed by atoms with van der Waals surface area (Å²) in [6.07, 6.45) is 1.02. The monoisotopic (exact) mass is 1480 g/mol. The Labute approximate surface area is 620 Å². The number of aliphatic hydroxyl groups is 1. The van der Waals surface area contributed by atoms with E-state index in [2.05, 4.69) is 63.8 Å². The summed E-state index contributed by atoms with van der Waals surface area (Å²) in [6.45, 7) is 31.8. The van der Waals surface area contributed by atoms with Crippen molar-refractivity contribution < 1.29 is 77.0 Å². The van der Waals surface area contributed by atoms with E-state index in [1.54, 1.807) is 127 Å². The molecule has 15 N–H and O–H groups in total. The minimum atomic E-state index is -1.83. The van der Waals surface area contributed by atoms with Gasteiger partial charge in [-0.2, -0.15) is 0 Å². The molecule has 0 saturated carbocycles.